The Hall–Kier alpha value is -4.05. The highest BCUT2D eigenvalue weighted by molar-refractivity contribution is 6.15. The molecular formula is C30H22F2NO+. The Labute approximate surface area is 199 Å². The van der Waals surface area contributed by atoms with Crippen molar-refractivity contribution >= 4 is 32.7 Å². The van der Waals surface area contributed by atoms with Gasteiger partial charge in [0.05, 0.1) is 11.1 Å². The minimum absolute atomic E-state index is 0.353. The average molecular weight is 454 g/mol. The lowest BCUT2D eigenvalue weighted by Gasteiger charge is -2.08. The summed E-state index contributed by atoms with van der Waals surface area (Å²) in [5, 5.41) is 3.39. The highest BCUT2D eigenvalue weighted by Crippen LogP contribution is 2.43. The summed E-state index contributed by atoms with van der Waals surface area (Å²) in [5.41, 5.74) is 3.51. The van der Waals surface area contributed by atoms with Gasteiger partial charge in [-0.05, 0) is 47.8 Å². The van der Waals surface area contributed by atoms with E-state index in [0.29, 0.717) is 28.0 Å². The Morgan fingerprint density at radius 2 is 1.50 bits per heavy atom. The molecule has 0 aliphatic heterocycles. The Balaban J connectivity index is 1.69. The van der Waals surface area contributed by atoms with Crippen LogP contribution in [0, 0.1) is 25.4 Å². The summed E-state index contributed by atoms with van der Waals surface area (Å²) in [4.78, 5) is 0. The molecule has 0 saturated heterocycles. The zero-order valence-electron chi connectivity index (χ0n) is 21.6. The van der Waals surface area contributed by atoms with Crippen LogP contribution in [0.5, 0.6) is 0 Å². The third-order valence-electron chi connectivity index (χ3n) is 6.51. The van der Waals surface area contributed by atoms with E-state index in [0.717, 1.165) is 32.7 Å². The van der Waals surface area contributed by atoms with E-state index in [1.165, 1.54) is 18.3 Å². The van der Waals surface area contributed by atoms with E-state index in [9.17, 15) is 4.39 Å². The summed E-state index contributed by atoms with van der Waals surface area (Å²) < 4.78 is 61.4. The third-order valence-corrected chi connectivity index (χ3v) is 6.51. The fraction of sp³-hybridized carbons (Fsp3) is 0.100. The summed E-state index contributed by atoms with van der Waals surface area (Å²) in [7, 11) is 1.67. The zero-order chi connectivity index (χ0) is 26.1. The van der Waals surface area contributed by atoms with Gasteiger partial charge >= 0.3 is 0 Å². The minimum Gasteiger partial charge on any atom is -0.454 e. The maximum absolute atomic E-state index is 15.5. The predicted octanol–water partition coefficient (Wildman–Crippen LogP) is 7.79. The predicted molar refractivity (Wildman–Crippen MR) is 133 cm³/mol. The second-order valence-electron chi connectivity index (χ2n) is 8.59. The molecule has 4 aromatic carbocycles. The lowest BCUT2D eigenvalue weighted by molar-refractivity contribution is -0.661. The largest absolute Gasteiger partial charge is 0.454 e. The van der Waals surface area contributed by atoms with Crippen LogP contribution in [0.25, 0.3) is 55.1 Å². The van der Waals surface area contributed by atoms with E-state index in [1.54, 1.807) is 17.7 Å². The maximum atomic E-state index is 15.5. The molecule has 4 heteroatoms. The quantitative estimate of drug-likeness (QED) is 0.245. The number of furan rings is 1. The van der Waals surface area contributed by atoms with Gasteiger partial charge in [-0.1, -0.05) is 54.6 Å². The number of aryl methyl sites for hydroxylation is 3. The molecule has 0 amide bonds. The first kappa shape index (κ1) is 17.4. The molecule has 0 radical (unpaired) electrons. The van der Waals surface area contributed by atoms with Gasteiger partial charge in [0, 0.05) is 26.5 Å². The lowest BCUT2D eigenvalue weighted by Crippen LogP contribution is -2.31. The normalized spacial score (nSPS) is 13.4. The molecule has 0 unspecified atom stereocenters. The van der Waals surface area contributed by atoms with Crippen LogP contribution >= 0.6 is 0 Å². The molecule has 166 valence electrons. The van der Waals surface area contributed by atoms with Gasteiger partial charge in [0.25, 0.3) is 0 Å². The molecular weight excluding hydrogens is 428 g/mol. The van der Waals surface area contributed by atoms with Crippen LogP contribution in [0.3, 0.4) is 0 Å². The van der Waals surface area contributed by atoms with E-state index in [-0.39, 0.29) is 5.56 Å². The minimum atomic E-state index is -2.58. The van der Waals surface area contributed by atoms with Crippen molar-refractivity contribution in [3.63, 3.8) is 0 Å². The fourth-order valence-corrected chi connectivity index (χ4v) is 4.86. The first-order valence-corrected chi connectivity index (χ1v) is 11.0. The maximum Gasteiger partial charge on any atom is 0.219 e. The number of hydrogen-bond acceptors (Lipinski definition) is 1. The van der Waals surface area contributed by atoms with E-state index >= 15 is 4.39 Å². The molecule has 34 heavy (non-hydrogen) atoms. The molecule has 0 atom stereocenters. The molecule has 6 rings (SSSR count). The molecule has 0 fully saturated rings. The van der Waals surface area contributed by atoms with Crippen molar-refractivity contribution in [1.29, 1.82) is 0 Å². The van der Waals surface area contributed by atoms with Crippen LogP contribution in [-0.2, 0) is 7.05 Å². The van der Waals surface area contributed by atoms with Crippen LogP contribution in [0.4, 0.5) is 8.78 Å². The Bertz CT molecular complexity index is 1870. The molecule has 0 aliphatic rings. The average Bonchev–Trinajstić information content (AvgIpc) is 3.23. The number of halogens is 2. The summed E-state index contributed by atoms with van der Waals surface area (Å²) in [6.07, 6.45) is 1.29. The molecule has 0 N–H and O–H groups in total. The van der Waals surface area contributed by atoms with Crippen LogP contribution in [0.15, 0.2) is 83.4 Å². The van der Waals surface area contributed by atoms with Crippen molar-refractivity contribution in [2.45, 2.75) is 13.8 Å². The standard InChI is InChI=1S/C30H22F2NO/c1-17-11-12-22-23-13-14-24(31)28(21-10-6-8-19-7-4-5-9-20(19)21)30(23)34-29(22)27(17)26-15-25(32)18(2)16-33(26)3/h4-16H,1-3H3/q+1/i2D3. The monoisotopic (exact) mass is 453 g/mol. The van der Waals surface area contributed by atoms with Crippen LogP contribution < -0.4 is 4.57 Å². The number of rotatable bonds is 2. The number of nitrogens with zero attached hydrogens (tertiary/aromatic N) is 1. The van der Waals surface area contributed by atoms with E-state index < -0.39 is 18.5 Å². The van der Waals surface area contributed by atoms with Crippen LogP contribution in [-0.4, -0.2) is 0 Å². The first-order valence-electron chi connectivity index (χ1n) is 12.5. The molecule has 0 bridgehead atoms. The van der Waals surface area contributed by atoms with Crippen molar-refractivity contribution in [1.82, 2.24) is 0 Å². The second-order valence-corrected chi connectivity index (χ2v) is 8.59. The molecule has 2 aromatic heterocycles. The molecule has 0 saturated carbocycles. The van der Waals surface area contributed by atoms with E-state index in [2.05, 4.69) is 0 Å². The molecule has 6 aromatic rings. The third kappa shape index (κ3) is 2.95. The molecule has 0 aliphatic carbocycles. The van der Waals surface area contributed by atoms with Crippen molar-refractivity contribution in [3.05, 3.63) is 102 Å². The van der Waals surface area contributed by atoms with Crippen molar-refractivity contribution < 1.29 is 21.9 Å². The van der Waals surface area contributed by atoms with Gasteiger partial charge in [-0.15, -0.1) is 0 Å². The van der Waals surface area contributed by atoms with Crippen molar-refractivity contribution in [2.75, 3.05) is 0 Å². The lowest BCUT2D eigenvalue weighted by atomic mass is 9.95. The van der Waals surface area contributed by atoms with Crippen molar-refractivity contribution in [3.8, 4) is 22.4 Å². The Morgan fingerprint density at radius 1 is 0.765 bits per heavy atom. The number of pyridine rings is 1. The summed E-state index contributed by atoms with van der Waals surface area (Å²) in [5.74, 6) is -1.22. The van der Waals surface area contributed by atoms with Crippen LogP contribution in [0.2, 0.25) is 0 Å². The number of hydrogen-bond donors (Lipinski definition) is 0. The van der Waals surface area contributed by atoms with Gasteiger partial charge in [-0.2, -0.15) is 0 Å². The van der Waals surface area contributed by atoms with Gasteiger partial charge in [0.15, 0.2) is 6.20 Å². The highest BCUT2D eigenvalue weighted by Gasteiger charge is 2.24. The molecule has 0 spiro atoms. The van der Waals surface area contributed by atoms with Gasteiger partial charge in [-0.3, -0.25) is 0 Å². The fourth-order valence-electron chi connectivity index (χ4n) is 4.86. The van der Waals surface area contributed by atoms with Gasteiger partial charge in [0.1, 0.15) is 29.8 Å². The van der Waals surface area contributed by atoms with E-state index in [1.807, 2.05) is 61.5 Å². The summed E-state index contributed by atoms with van der Waals surface area (Å²) in [6, 6.07) is 21.7. The number of fused-ring (bicyclic) bond motifs is 4. The Kier molecular flexibility index (Phi) is 3.84. The zero-order valence-corrected chi connectivity index (χ0v) is 18.6. The van der Waals surface area contributed by atoms with Crippen LogP contribution in [0.1, 0.15) is 15.2 Å². The molecule has 2 heterocycles. The van der Waals surface area contributed by atoms with Crippen molar-refractivity contribution in [2.24, 2.45) is 7.05 Å². The van der Waals surface area contributed by atoms with Gasteiger partial charge in [-0.25, -0.2) is 13.3 Å². The topological polar surface area (TPSA) is 17.0 Å². The second kappa shape index (κ2) is 7.49. The van der Waals surface area contributed by atoms with E-state index in [4.69, 9.17) is 8.53 Å². The summed E-state index contributed by atoms with van der Waals surface area (Å²) in [6.45, 7) is -0.699. The SMILES string of the molecule is [2H]C([2H])([2H])c1c[n+](C)c(-c2c(C)ccc3c2oc2c(-c4cccc5ccccc45)c(F)ccc23)cc1F. The molecule has 2 nitrogen and oxygen atoms in total. The highest BCUT2D eigenvalue weighted by atomic mass is 19.1. The smallest absolute Gasteiger partial charge is 0.219 e. The van der Waals surface area contributed by atoms with Gasteiger partial charge in [0.2, 0.25) is 5.69 Å². The Morgan fingerprint density at radius 3 is 2.32 bits per heavy atom. The first-order chi connectivity index (χ1) is 17.6. The van der Waals surface area contributed by atoms with Gasteiger partial charge < -0.3 is 4.42 Å². The number of benzene rings is 4. The number of aromatic nitrogens is 1. The summed E-state index contributed by atoms with van der Waals surface area (Å²) >= 11 is 0.